The van der Waals surface area contributed by atoms with Crippen molar-refractivity contribution >= 4 is 18.0 Å². The van der Waals surface area contributed by atoms with Gasteiger partial charge in [0.05, 0.1) is 12.5 Å². The molecule has 0 radical (unpaired) electrons. The van der Waals surface area contributed by atoms with Crippen LogP contribution in [0, 0.1) is 5.92 Å². The van der Waals surface area contributed by atoms with Crippen LogP contribution >= 0.6 is 0 Å². The van der Waals surface area contributed by atoms with Crippen molar-refractivity contribution in [1.29, 1.82) is 0 Å². The van der Waals surface area contributed by atoms with Gasteiger partial charge in [0.1, 0.15) is 6.61 Å². The van der Waals surface area contributed by atoms with E-state index < -0.39 is 24.6 Å². The largest absolute Gasteiger partial charge is 0.481 e. The quantitative estimate of drug-likeness (QED) is 0.414. The van der Waals surface area contributed by atoms with Crippen LogP contribution in [-0.2, 0) is 14.3 Å². The van der Waals surface area contributed by atoms with E-state index in [1.165, 1.54) is 11.1 Å². The molecule has 8 nitrogen and oxygen atoms in total. The van der Waals surface area contributed by atoms with Crippen molar-refractivity contribution in [1.82, 2.24) is 10.6 Å². The lowest BCUT2D eigenvalue weighted by atomic mass is 9.98. The van der Waals surface area contributed by atoms with E-state index in [4.69, 9.17) is 9.84 Å². The third-order valence-electron chi connectivity index (χ3n) is 5.73. The summed E-state index contributed by atoms with van der Waals surface area (Å²) >= 11 is 0. The molecule has 0 heterocycles. The van der Waals surface area contributed by atoms with Crippen molar-refractivity contribution in [3.63, 3.8) is 0 Å². The van der Waals surface area contributed by atoms with Crippen LogP contribution < -0.4 is 10.6 Å². The third-order valence-corrected chi connectivity index (χ3v) is 5.73. The first-order valence-electron chi connectivity index (χ1n) is 11.1. The van der Waals surface area contributed by atoms with Crippen LogP contribution in [0.15, 0.2) is 48.5 Å². The summed E-state index contributed by atoms with van der Waals surface area (Å²) in [6.07, 6.45) is -1.23. The Balaban J connectivity index is 1.37. The standard InChI is InChI=1S/C25H30N2O6/c1-16(12-23(29)27-14-17(28)13-24(30)31)10-11-26-25(32)33-15-22-20-8-4-2-6-18(20)19-7-3-5-9-21(19)22/h2-9,16-17,22,28H,10-15H2,1H3,(H,26,32)(H,27,29)(H,30,31). The van der Waals surface area contributed by atoms with Gasteiger partial charge in [-0.3, -0.25) is 9.59 Å². The first-order chi connectivity index (χ1) is 15.8. The zero-order chi connectivity index (χ0) is 23.8. The van der Waals surface area contributed by atoms with Crippen LogP contribution in [0.4, 0.5) is 4.79 Å². The summed E-state index contributed by atoms with van der Waals surface area (Å²) < 4.78 is 5.49. The number of nitrogens with one attached hydrogen (secondary N) is 2. The highest BCUT2D eigenvalue weighted by Gasteiger charge is 2.29. The predicted octanol–water partition coefficient (Wildman–Crippen LogP) is 2.89. The number of carboxylic acids is 1. The van der Waals surface area contributed by atoms with E-state index in [9.17, 15) is 19.5 Å². The molecule has 0 spiro atoms. The van der Waals surface area contributed by atoms with Crippen LogP contribution in [0.2, 0.25) is 0 Å². The predicted molar refractivity (Wildman–Crippen MR) is 123 cm³/mol. The SMILES string of the molecule is CC(CCNC(=O)OCC1c2ccccc2-c2ccccc21)CC(=O)NCC(O)CC(=O)O. The van der Waals surface area contributed by atoms with Crippen LogP contribution in [0.25, 0.3) is 11.1 Å². The van der Waals surface area contributed by atoms with Crippen LogP contribution in [0.5, 0.6) is 0 Å². The average Bonchev–Trinajstić information content (AvgIpc) is 3.09. The van der Waals surface area contributed by atoms with Gasteiger partial charge < -0.3 is 25.6 Å². The van der Waals surface area contributed by atoms with Gasteiger partial charge in [0.25, 0.3) is 0 Å². The maximum Gasteiger partial charge on any atom is 0.407 e. The number of carbonyl (C=O) groups is 3. The summed E-state index contributed by atoms with van der Waals surface area (Å²) in [6.45, 7) is 2.39. The summed E-state index contributed by atoms with van der Waals surface area (Å²) in [7, 11) is 0. The van der Waals surface area contributed by atoms with E-state index in [0.29, 0.717) is 13.0 Å². The van der Waals surface area contributed by atoms with Gasteiger partial charge in [-0.05, 0) is 34.6 Å². The smallest absolute Gasteiger partial charge is 0.407 e. The van der Waals surface area contributed by atoms with Gasteiger partial charge in [-0.15, -0.1) is 0 Å². The van der Waals surface area contributed by atoms with E-state index in [-0.39, 0.29) is 37.3 Å². The molecule has 2 aromatic rings. The Morgan fingerprint density at radius 3 is 2.18 bits per heavy atom. The van der Waals surface area contributed by atoms with Crippen molar-refractivity contribution in [2.45, 2.75) is 38.2 Å². The van der Waals surface area contributed by atoms with Gasteiger partial charge in [-0.2, -0.15) is 0 Å². The van der Waals surface area contributed by atoms with Crippen molar-refractivity contribution < 1.29 is 29.3 Å². The Morgan fingerprint density at radius 1 is 0.970 bits per heavy atom. The first-order valence-corrected chi connectivity index (χ1v) is 11.1. The molecule has 0 saturated carbocycles. The fraction of sp³-hybridized carbons (Fsp3) is 0.400. The summed E-state index contributed by atoms with van der Waals surface area (Å²) in [5, 5.41) is 23.3. The minimum absolute atomic E-state index is 0.00208. The molecule has 0 saturated heterocycles. The molecule has 1 aliphatic rings. The zero-order valence-corrected chi connectivity index (χ0v) is 18.6. The number of rotatable bonds is 11. The van der Waals surface area contributed by atoms with Crippen molar-refractivity contribution in [2.75, 3.05) is 19.7 Å². The topological polar surface area (TPSA) is 125 Å². The minimum atomic E-state index is -1.12. The molecule has 0 fully saturated rings. The number of benzene rings is 2. The Hall–Kier alpha value is -3.39. The maximum atomic E-state index is 12.2. The van der Waals surface area contributed by atoms with Gasteiger partial charge in [-0.25, -0.2) is 4.79 Å². The molecule has 33 heavy (non-hydrogen) atoms. The van der Waals surface area contributed by atoms with Gasteiger partial charge in [0.15, 0.2) is 0 Å². The fourth-order valence-electron chi connectivity index (χ4n) is 4.07. The molecule has 3 rings (SSSR count). The monoisotopic (exact) mass is 454 g/mol. The van der Waals surface area contributed by atoms with Gasteiger partial charge >= 0.3 is 12.1 Å². The lowest BCUT2D eigenvalue weighted by Gasteiger charge is -2.16. The molecule has 1 aliphatic carbocycles. The molecule has 2 unspecified atom stereocenters. The van der Waals surface area contributed by atoms with E-state index in [1.54, 1.807) is 0 Å². The number of aliphatic carboxylic acids is 1. The molecule has 0 bridgehead atoms. The summed E-state index contributed by atoms with van der Waals surface area (Å²) in [6, 6.07) is 16.3. The molecule has 8 heteroatoms. The highest BCUT2D eigenvalue weighted by molar-refractivity contribution is 5.79. The Bertz CT molecular complexity index is 947. The molecular weight excluding hydrogens is 424 g/mol. The second-order valence-electron chi connectivity index (χ2n) is 8.41. The Kier molecular flexibility index (Phi) is 8.43. The molecule has 2 aromatic carbocycles. The normalized spacial score (nSPS) is 14.0. The summed E-state index contributed by atoms with van der Waals surface area (Å²) in [4.78, 5) is 34.6. The summed E-state index contributed by atoms with van der Waals surface area (Å²) in [5.41, 5.74) is 4.65. The van der Waals surface area contributed by atoms with E-state index in [1.807, 2.05) is 31.2 Å². The third kappa shape index (κ3) is 6.79. The molecule has 2 atom stereocenters. The van der Waals surface area contributed by atoms with E-state index in [2.05, 4.69) is 34.9 Å². The average molecular weight is 455 g/mol. The molecule has 0 aromatic heterocycles. The number of aliphatic hydroxyl groups excluding tert-OH is 1. The summed E-state index contributed by atoms with van der Waals surface area (Å²) in [5.74, 6) is -1.39. The Morgan fingerprint density at radius 2 is 1.58 bits per heavy atom. The number of hydrogen-bond acceptors (Lipinski definition) is 5. The lowest BCUT2D eigenvalue weighted by molar-refractivity contribution is -0.139. The van der Waals surface area contributed by atoms with Crippen molar-refractivity contribution in [2.24, 2.45) is 5.92 Å². The number of aliphatic hydroxyl groups is 1. The fourth-order valence-corrected chi connectivity index (χ4v) is 4.07. The van der Waals surface area contributed by atoms with Crippen molar-refractivity contribution in [3.05, 3.63) is 59.7 Å². The number of carbonyl (C=O) groups excluding carboxylic acids is 2. The first kappa shape index (κ1) is 24.3. The molecule has 176 valence electrons. The van der Waals surface area contributed by atoms with E-state index >= 15 is 0 Å². The minimum Gasteiger partial charge on any atom is -0.481 e. The van der Waals surface area contributed by atoms with Crippen LogP contribution in [-0.4, -0.2) is 54.0 Å². The molecule has 4 N–H and O–H groups in total. The Labute approximate surface area is 193 Å². The highest BCUT2D eigenvalue weighted by atomic mass is 16.5. The number of alkyl carbamates (subject to hydrolysis) is 1. The van der Waals surface area contributed by atoms with E-state index in [0.717, 1.165) is 11.1 Å². The van der Waals surface area contributed by atoms with Crippen molar-refractivity contribution in [3.8, 4) is 11.1 Å². The van der Waals surface area contributed by atoms with Crippen LogP contribution in [0.3, 0.4) is 0 Å². The highest BCUT2D eigenvalue weighted by Crippen LogP contribution is 2.44. The molecule has 2 amide bonds. The van der Waals surface area contributed by atoms with Crippen LogP contribution in [0.1, 0.15) is 43.2 Å². The molecular formula is C25H30N2O6. The number of amides is 2. The number of hydrogen-bond donors (Lipinski definition) is 4. The van der Waals surface area contributed by atoms with Gasteiger partial charge in [0.2, 0.25) is 5.91 Å². The maximum absolute atomic E-state index is 12.2. The lowest BCUT2D eigenvalue weighted by Crippen LogP contribution is -2.34. The zero-order valence-electron chi connectivity index (χ0n) is 18.6. The van der Waals surface area contributed by atoms with Gasteiger partial charge in [0, 0.05) is 25.4 Å². The second kappa shape index (κ2) is 11.5. The number of fused-ring (bicyclic) bond motifs is 3. The second-order valence-corrected chi connectivity index (χ2v) is 8.41. The van der Waals surface area contributed by atoms with Gasteiger partial charge in [-0.1, -0.05) is 55.5 Å². The molecule has 0 aliphatic heterocycles. The number of ether oxygens (including phenoxy) is 1. The number of carboxylic acid groups (broad SMARTS) is 1.